The second kappa shape index (κ2) is 8.58. The second-order valence-corrected chi connectivity index (χ2v) is 5.66. The van der Waals surface area contributed by atoms with Gasteiger partial charge in [0.1, 0.15) is 0 Å². The van der Waals surface area contributed by atoms with Crippen LogP contribution in [0.25, 0.3) is 11.4 Å². The highest BCUT2D eigenvalue weighted by atomic mass is 32.2. The maximum absolute atomic E-state index is 11.5. The molecule has 7 nitrogen and oxygen atoms in total. The molecule has 0 unspecified atom stereocenters. The van der Waals surface area contributed by atoms with Crippen LogP contribution in [0, 0.1) is 0 Å². The molecule has 0 N–H and O–H groups in total. The predicted octanol–water partition coefficient (Wildman–Crippen LogP) is 2.64. The van der Waals surface area contributed by atoms with Gasteiger partial charge in [-0.05, 0) is 32.0 Å². The molecule has 0 spiro atoms. The molecule has 1 heterocycles. The molecular weight excluding hydrogens is 330 g/mol. The van der Waals surface area contributed by atoms with E-state index in [4.69, 9.17) is 14.2 Å². The van der Waals surface area contributed by atoms with Crippen molar-refractivity contribution in [3.8, 4) is 22.9 Å². The Balaban J connectivity index is 2.27. The summed E-state index contributed by atoms with van der Waals surface area (Å²) in [5.41, 5.74) is 0.866. The molecule has 2 aromatic rings. The van der Waals surface area contributed by atoms with E-state index < -0.39 is 0 Å². The molecule has 2 rings (SSSR count). The van der Waals surface area contributed by atoms with Crippen molar-refractivity contribution in [3.63, 3.8) is 0 Å². The minimum atomic E-state index is -0.263. The van der Waals surface area contributed by atoms with E-state index in [0.29, 0.717) is 35.6 Å². The van der Waals surface area contributed by atoms with Gasteiger partial charge in [0, 0.05) is 12.1 Å². The number of aromatic nitrogens is 3. The van der Waals surface area contributed by atoms with Crippen molar-refractivity contribution in [2.45, 2.75) is 25.5 Å². The Morgan fingerprint density at radius 2 is 1.92 bits per heavy atom. The SMILES string of the molecule is CCOC(=O)CSc1nnc(-c2ccc(OC)c(OC)c2)n1CC. The van der Waals surface area contributed by atoms with Crippen molar-refractivity contribution >= 4 is 17.7 Å². The molecule has 0 fully saturated rings. The third kappa shape index (κ3) is 4.00. The molecule has 8 heteroatoms. The van der Waals surface area contributed by atoms with Gasteiger partial charge in [-0.2, -0.15) is 0 Å². The van der Waals surface area contributed by atoms with Gasteiger partial charge >= 0.3 is 5.97 Å². The van der Waals surface area contributed by atoms with Gasteiger partial charge in [-0.1, -0.05) is 11.8 Å². The Kier molecular flexibility index (Phi) is 6.48. The summed E-state index contributed by atoms with van der Waals surface area (Å²) >= 11 is 1.31. The van der Waals surface area contributed by atoms with Crippen LogP contribution < -0.4 is 9.47 Å². The number of rotatable bonds is 8. The van der Waals surface area contributed by atoms with Crippen LogP contribution in [-0.4, -0.2) is 47.3 Å². The molecule has 0 saturated heterocycles. The number of hydrogen-bond donors (Lipinski definition) is 0. The van der Waals surface area contributed by atoms with E-state index in [9.17, 15) is 4.79 Å². The molecule has 0 aliphatic rings. The number of esters is 1. The lowest BCUT2D eigenvalue weighted by atomic mass is 10.2. The summed E-state index contributed by atoms with van der Waals surface area (Å²) in [5.74, 6) is 1.94. The van der Waals surface area contributed by atoms with Gasteiger partial charge in [0.15, 0.2) is 22.5 Å². The van der Waals surface area contributed by atoms with E-state index in [1.807, 2.05) is 29.7 Å². The van der Waals surface area contributed by atoms with Crippen LogP contribution >= 0.6 is 11.8 Å². The zero-order chi connectivity index (χ0) is 17.5. The van der Waals surface area contributed by atoms with E-state index in [0.717, 1.165) is 5.56 Å². The quantitative estimate of drug-likeness (QED) is 0.534. The van der Waals surface area contributed by atoms with E-state index in [1.54, 1.807) is 21.1 Å². The number of benzene rings is 1. The Bertz CT molecular complexity index is 703. The average molecular weight is 351 g/mol. The number of ether oxygens (including phenoxy) is 3. The first kappa shape index (κ1) is 18.1. The largest absolute Gasteiger partial charge is 0.493 e. The van der Waals surface area contributed by atoms with Gasteiger partial charge in [0.25, 0.3) is 0 Å². The summed E-state index contributed by atoms with van der Waals surface area (Å²) in [6.07, 6.45) is 0. The number of carbonyl (C=O) groups is 1. The molecule has 0 saturated carbocycles. The summed E-state index contributed by atoms with van der Waals surface area (Å²) in [6.45, 7) is 4.84. The standard InChI is InChI=1S/C16H21N3O4S/c1-5-19-15(11-7-8-12(21-3)13(9-11)22-4)17-18-16(19)24-10-14(20)23-6-2/h7-9H,5-6,10H2,1-4H3. The van der Waals surface area contributed by atoms with Crippen LogP contribution in [0.5, 0.6) is 11.5 Å². The van der Waals surface area contributed by atoms with Gasteiger partial charge in [0.2, 0.25) is 0 Å². The fraction of sp³-hybridized carbons (Fsp3) is 0.438. The van der Waals surface area contributed by atoms with E-state index >= 15 is 0 Å². The highest BCUT2D eigenvalue weighted by Crippen LogP contribution is 2.32. The molecule has 1 aromatic heterocycles. The lowest BCUT2D eigenvalue weighted by Gasteiger charge is -2.10. The molecule has 130 valence electrons. The summed E-state index contributed by atoms with van der Waals surface area (Å²) in [4.78, 5) is 11.5. The number of thioether (sulfide) groups is 1. The first-order valence-corrected chi connectivity index (χ1v) is 8.57. The molecule has 1 aromatic carbocycles. The van der Waals surface area contributed by atoms with Crippen molar-refractivity contribution in [1.29, 1.82) is 0 Å². The van der Waals surface area contributed by atoms with Gasteiger partial charge in [-0.25, -0.2) is 0 Å². The van der Waals surface area contributed by atoms with Crippen LogP contribution in [0.2, 0.25) is 0 Å². The molecule has 0 atom stereocenters. The predicted molar refractivity (Wildman–Crippen MR) is 91.6 cm³/mol. The zero-order valence-electron chi connectivity index (χ0n) is 14.2. The van der Waals surface area contributed by atoms with Crippen LogP contribution in [-0.2, 0) is 16.1 Å². The highest BCUT2D eigenvalue weighted by molar-refractivity contribution is 7.99. The zero-order valence-corrected chi connectivity index (χ0v) is 15.1. The first-order valence-electron chi connectivity index (χ1n) is 7.58. The highest BCUT2D eigenvalue weighted by Gasteiger charge is 2.16. The van der Waals surface area contributed by atoms with Crippen LogP contribution in [0.15, 0.2) is 23.4 Å². The Morgan fingerprint density at radius 3 is 2.54 bits per heavy atom. The van der Waals surface area contributed by atoms with Crippen molar-refractivity contribution in [1.82, 2.24) is 14.8 Å². The first-order chi connectivity index (χ1) is 11.6. The van der Waals surface area contributed by atoms with Gasteiger partial charge in [-0.3, -0.25) is 4.79 Å². The van der Waals surface area contributed by atoms with Gasteiger partial charge < -0.3 is 18.8 Å². The number of hydrogen-bond acceptors (Lipinski definition) is 7. The molecule has 24 heavy (non-hydrogen) atoms. The normalized spacial score (nSPS) is 10.5. The van der Waals surface area contributed by atoms with Crippen molar-refractivity contribution in [2.75, 3.05) is 26.6 Å². The topological polar surface area (TPSA) is 75.5 Å². The molecule has 0 aliphatic heterocycles. The van der Waals surface area contributed by atoms with Crippen molar-refractivity contribution in [3.05, 3.63) is 18.2 Å². The summed E-state index contributed by atoms with van der Waals surface area (Å²) in [5, 5.41) is 9.12. The van der Waals surface area contributed by atoms with Gasteiger partial charge in [-0.15, -0.1) is 10.2 Å². The van der Waals surface area contributed by atoms with Crippen molar-refractivity contribution < 1.29 is 19.0 Å². The summed E-state index contributed by atoms with van der Waals surface area (Å²) < 4.78 is 17.5. The molecular formula is C16H21N3O4S. The van der Waals surface area contributed by atoms with Crippen LogP contribution in [0.1, 0.15) is 13.8 Å². The van der Waals surface area contributed by atoms with E-state index in [2.05, 4.69) is 10.2 Å². The monoisotopic (exact) mass is 351 g/mol. The van der Waals surface area contributed by atoms with Crippen molar-refractivity contribution in [2.24, 2.45) is 0 Å². The van der Waals surface area contributed by atoms with E-state index in [1.165, 1.54) is 11.8 Å². The number of carbonyl (C=O) groups excluding carboxylic acids is 1. The maximum atomic E-state index is 11.5. The maximum Gasteiger partial charge on any atom is 0.316 e. The Hall–Kier alpha value is -2.22. The summed E-state index contributed by atoms with van der Waals surface area (Å²) in [7, 11) is 3.18. The molecule has 0 aliphatic carbocycles. The fourth-order valence-electron chi connectivity index (χ4n) is 2.20. The second-order valence-electron chi connectivity index (χ2n) is 4.71. The average Bonchev–Trinajstić information content (AvgIpc) is 3.02. The minimum absolute atomic E-state index is 0.206. The summed E-state index contributed by atoms with van der Waals surface area (Å²) in [6, 6.07) is 5.58. The smallest absolute Gasteiger partial charge is 0.316 e. The molecule has 0 bridgehead atoms. The molecule has 0 radical (unpaired) electrons. The fourth-order valence-corrected chi connectivity index (χ4v) is 3.00. The van der Waals surface area contributed by atoms with Gasteiger partial charge in [0.05, 0.1) is 26.6 Å². The van der Waals surface area contributed by atoms with E-state index in [-0.39, 0.29) is 11.7 Å². The minimum Gasteiger partial charge on any atom is -0.493 e. The number of nitrogens with zero attached hydrogens (tertiary/aromatic N) is 3. The van der Waals surface area contributed by atoms with Crippen LogP contribution in [0.4, 0.5) is 0 Å². The van der Waals surface area contributed by atoms with Crippen LogP contribution in [0.3, 0.4) is 0 Å². The Labute approximate surface area is 145 Å². The third-order valence-corrected chi connectivity index (χ3v) is 4.24. The lowest BCUT2D eigenvalue weighted by Crippen LogP contribution is -2.08. The number of methoxy groups -OCH3 is 2. The third-order valence-electron chi connectivity index (χ3n) is 3.30. The Morgan fingerprint density at radius 1 is 1.17 bits per heavy atom. The lowest BCUT2D eigenvalue weighted by molar-refractivity contribution is -0.139. The molecule has 0 amide bonds.